The SMILES string of the molecule is CC(=N)OC(=N)c1cccc(N/C=C\C(=N)N(C(=O)c2cccs2)[C@H]2CC[C@H](N(C)C)CC2)c1. The zero-order valence-corrected chi connectivity index (χ0v) is 20.6. The summed E-state index contributed by atoms with van der Waals surface area (Å²) in [6.45, 7) is 1.47. The van der Waals surface area contributed by atoms with Gasteiger partial charge in [-0.3, -0.25) is 25.9 Å². The van der Waals surface area contributed by atoms with Gasteiger partial charge in [-0.2, -0.15) is 0 Å². The lowest BCUT2D eigenvalue weighted by molar-refractivity contribution is 0.0752. The van der Waals surface area contributed by atoms with Crippen LogP contribution < -0.4 is 5.32 Å². The van der Waals surface area contributed by atoms with Crippen molar-refractivity contribution in [2.75, 3.05) is 19.4 Å². The molecule has 2 aromatic rings. The van der Waals surface area contributed by atoms with Crippen LogP contribution in [0.4, 0.5) is 5.69 Å². The number of carbonyl (C=O) groups excluding carboxylic acids is 1. The molecule has 4 N–H and O–H groups in total. The molecule has 9 heteroatoms. The maximum atomic E-state index is 13.3. The van der Waals surface area contributed by atoms with Gasteiger partial charge in [0.15, 0.2) is 5.90 Å². The van der Waals surface area contributed by atoms with Gasteiger partial charge in [-0.1, -0.05) is 12.1 Å². The predicted molar refractivity (Wildman–Crippen MR) is 138 cm³/mol. The number of hydrogen-bond acceptors (Lipinski definition) is 8. The van der Waals surface area contributed by atoms with Crippen LogP contribution in [-0.2, 0) is 4.74 Å². The van der Waals surface area contributed by atoms with E-state index >= 15 is 0 Å². The van der Waals surface area contributed by atoms with Crippen molar-refractivity contribution in [3.8, 4) is 0 Å². The molecule has 1 fully saturated rings. The number of nitrogens with one attached hydrogen (secondary N) is 4. The van der Waals surface area contributed by atoms with Gasteiger partial charge >= 0.3 is 0 Å². The first-order valence-corrected chi connectivity index (χ1v) is 12.1. The first-order chi connectivity index (χ1) is 16.3. The number of nitrogens with zero attached hydrogens (tertiary/aromatic N) is 2. The highest BCUT2D eigenvalue weighted by molar-refractivity contribution is 7.12. The van der Waals surface area contributed by atoms with Gasteiger partial charge in [-0.25, -0.2) is 0 Å². The van der Waals surface area contributed by atoms with Crippen LogP contribution in [0.25, 0.3) is 0 Å². The fourth-order valence-corrected chi connectivity index (χ4v) is 4.74. The lowest BCUT2D eigenvalue weighted by Crippen LogP contribution is -2.47. The number of rotatable bonds is 7. The number of anilines is 1. The first kappa shape index (κ1) is 25.3. The van der Waals surface area contributed by atoms with Gasteiger partial charge in [0.1, 0.15) is 5.84 Å². The van der Waals surface area contributed by atoms with E-state index in [-0.39, 0.29) is 29.6 Å². The second-order valence-electron chi connectivity index (χ2n) is 8.51. The van der Waals surface area contributed by atoms with Crippen molar-refractivity contribution >= 4 is 40.6 Å². The molecule has 1 aliphatic carbocycles. The Bertz CT molecular complexity index is 1060. The van der Waals surface area contributed by atoms with E-state index in [0.717, 1.165) is 25.7 Å². The van der Waals surface area contributed by atoms with Crippen molar-refractivity contribution in [3.05, 3.63) is 64.5 Å². The molecule has 0 saturated heterocycles. The van der Waals surface area contributed by atoms with E-state index in [9.17, 15) is 4.79 Å². The highest BCUT2D eigenvalue weighted by atomic mass is 32.1. The summed E-state index contributed by atoms with van der Waals surface area (Å²) < 4.78 is 5.06. The largest absolute Gasteiger partial charge is 0.426 e. The molecule has 1 amide bonds. The van der Waals surface area contributed by atoms with Gasteiger partial charge in [0.2, 0.25) is 5.90 Å². The fraction of sp³-hybridized carbons (Fsp3) is 0.360. The van der Waals surface area contributed by atoms with Crippen LogP contribution >= 0.6 is 11.3 Å². The van der Waals surface area contributed by atoms with E-state index in [1.165, 1.54) is 18.3 Å². The van der Waals surface area contributed by atoms with Crippen LogP contribution in [0, 0.1) is 16.2 Å². The Morgan fingerprint density at radius 1 is 1.09 bits per heavy atom. The second kappa shape index (κ2) is 11.7. The Morgan fingerprint density at radius 2 is 1.79 bits per heavy atom. The van der Waals surface area contributed by atoms with Gasteiger partial charge in [0, 0.05) is 36.5 Å². The molecule has 0 bridgehead atoms. The Morgan fingerprint density at radius 3 is 2.41 bits per heavy atom. The van der Waals surface area contributed by atoms with Crippen LogP contribution in [0.15, 0.2) is 54.1 Å². The molecule has 0 atom stereocenters. The van der Waals surface area contributed by atoms with Crippen molar-refractivity contribution in [1.29, 1.82) is 16.2 Å². The number of thiophene rings is 1. The molecule has 0 unspecified atom stereocenters. The minimum atomic E-state index is -0.132. The van der Waals surface area contributed by atoms with Gasteiger partial charge in [-0.05, 0) is 75.5 Å². The monoisotopic (exact) mass is 480 g/mol. The van der Waals surface area contributed by atoms with Crippen LogP contribution in [0.2, 0.25) is 0 Å². The summed E-state index contributed by atoms with van der Waals surface area (Å²) in [7, 11) is 4.18. The number of hydrogen-bond donors (Lipinski definition) is 4. The maximum absolute atomic E-state index is 13.3. The average Bonchev–Trinajstić information content (AvgIpc) is 3.34. The number of amidine groups is 1. The molecule has 180 valence electrons. The Balaban J connectivity index is 1.71. The van der Waals surface area contributed by atoms with Crippen molar-refractivity contribution in [2.24, 2.45) is 0 Å². The summed E-state index contributed by atoms with van der Waals surface area (Å²) in [5.74, 6) is -0.140. The van der Waals surface area contributed by atoms with E-state index in [1.807, 2.05) is 17.5 Å². The van der Waals surface area contributed by atoms with E-state index in [4.69, 9.17) is 21.0 Å². The summed E-state index contributed by atoms with van der Waals surface area (Å²) in [6.07, 6.45) is 6.95. The lowest BCUT2D eigenvalue weighted by Gasteiger charge is -2.38. The molecular weight excluding hydrogens is 448 g/mol. The van der Waals surface area contributed by atoms with Crippen LogP contribution in [-0.4, -0.2) is 59.5 Å². The minimum absolute atomic E-state index is 0.00624. The van der Waals surface area contributed by atoms with Gasteiger partial charge in [0.25, 0.3) is 5.91 Å². The quantitative estimate of drug-likeness (QED) is 0.329. The average molecular weight is 481 g/mol. The molecular formula is C25H32N6O2S. The highest BCUT2D eigenvalue weighted by Gasteiger charge is 2.32. The van der Waals surface area contributed by atoms with Gasteiger partial charge in [-0.15, -0.1) is 11.3 Å². The van der Waals surface area contributed by atoms with Crippen LogP contribution in [0.1, 0.15) is 47.8 Å². The molecule has 0 spiro atoms. The molecule has 34 heavy (non-hydrogen) atoms. The summed E-state index contributed by atoms with van der Waals surface area (Å²) >= 11 is 1.39. The third-order valence-electron chi connectivity index (χ3n) is 5.84. The zero-order valence-electron chi connectivity index (χ0n) is 19.8. The summed E-state index contributed by atoms with van der Waals surface area (Å²) in [6, 6.07) is 11.2. The van der Waals surface area contributed by atoms with E-state index in [0.29, 0.717) is 22.2 Å². The third-order valence-corrected chi connectivity index (χ3v) is 6.70. The summed E-state index contributed by atoms with van der Waals surface area (Å²) in [5, 5.41) is 29.0. The van der Waals surface area contributed by atoms with E-state index in [2.05, 4.69) is 24.3 Å². The molecule has 1 aliphatic rings. The Kier molecular flexibility index (Phi) is 8.72. The number of ether oxygens (including phenoxy) is 1. The maximum Gasteiger partial charge on any atom is 0.269 e. The van der Waals surface area contributed by atoms with Crippen LogP contribution in [0.3, 0.4) is 0 Å². The Labute approximate surface area is 204 Å². The molecule has 1 heterocycles. The van der Waals surface area contributed by atoms with Crippen molar-refractivity contribution < 1.29 is 9.53 Å². The summed E-state index contributed by atoms with van der Waals surface area (Å²) in [4.78, 5) is 17.8. The minimum Gasteiger partial charge on any atom is -0.426 e. The molecule has 8 nitrogen and oxygen atoms in total. The number of amides is 1. The summed E-state index contributed by atoms with van der Waals surface area (Å²) in [5.41, 5.74) is 1.24. The molecule has 1 aromatic carbocycles. The smallest absolute Gasteiger partial charge is 0.269 e. The first-order valence-electron chi connectivity index (χ1n) is 11.2. The van der Waals surface area contributed by atoms with Crippen molar-refractivity contribution in [3.63, 3.8) is 0 Å². The highest BCUT2D eigenvalue weighted by Crippen LogP contribution is 2.28. The second-order valence-corrected chi connectivity index (χ2v) is 9.46. The lowest BCUT2D eigenvalue weighted by atomic mass is 9.89. The van der Waals surface area contributed by atoms with Crippen molar-refractivity contribution in [1.82, 2.24) is 9.80 Å². The Hall–Kier alpha value is -3.30. The fourth-order valence-electron chi connectivity index (χ4n) is 4.08. The normalized spacial score (nSPS) is 18.0. The van der Waals surface area contributed by atoms with E-state index in [1.54, 1.807) is 41.4 Å². The van der Waals surface area contributed by atoms with Gasteiger partial charge in [0.05, 0.1) is 4.88 Å². The van der Waals surface area contributed by atoms with E-state index < -0.39 is 0 Å². The standard InChI is InChI=1S/C25H32N6O2S/c1-17(26)33-24(28)18-6-4-7-19(16-18)29-14-13-23(27)31(25(32)22-8-5-15-34-22)21-11-9-20(10-12-21)30(2)3/h4-8,13-16,20-21,26-29H,9-12H2,1-3H3/b14-13-,26-17?,27-23?,28-24?/t20-,21-. The van der Waals surface area contributed by atoms with Crippen LogP contribution in [0.5, 0.6) is 0 Å². The van der Waals surface area contributed by atoms with Crippen molar-refractivity contribution in [2.45, 2.75) is 44.7 Å². The molecule has 0 aliphatic heterocycles. The number of carbonyl (C=O) groups is 1. The molecule has 1 aromatic heterocycles. The molecule has 0 radical (unpaired) electrons. The van der Waals surface area contributed by atoms with Gasteiger partial charge < -0.3 is 15.0 Å². The third kappa shape index (κ3) is 6.61. The topological polar surface area (TPSA) is 116 Å². The molecule has 3 rings (SSSR count). The zero-order chi connectivity index (χ0) is 24.7. The number of benzene rings is 1. The molecule has 1 saturated carbocycles. The predicted octanol–water partition coefficient (Wildman–Crippen LogP) is 5.01.